The van der Waals surface area contributed by atoms with Gasteiger partial charge >= 0.3 is 193 Å². The van der Waals surface area contributed by atoms with E-state index in [1.54, 1.807) is 59.4 Å². The molecule has 4 atom stereocenters. The fraction of sp³-hybridized carbons (Fsp3) is 0.342. The molecule has 0 bridgehead atoms. The molecular weight excluding hydrogens is 671 g/mol. The van der Waals surface area contributed by atoms with E-state index in [-0.39, 0.29) is 38.2 Å². The molecule has 12 nitrogen and oxygen atoms in total. The van der Waals surface area contributed by atoms with Crippen molar-refractivity contribution in [1.82, 2.24) is 9.80 Å². The summed E-state index contributed by atoms with van der Waals surface area (Å²) in [5.74, 6) is 1.22. The average molecular weight is 719 g/mol. The van der Waals surface area contributed by atoms with Crippen LogP contribution in [0.15, 0.2) is 97.1 Å². The van der Waals surface area contributed by atoms with Gasteiger partial charge in [0.05, 0.1) is 7.11 Å². The summed E-state index contributed by atoms with van der Waals surface area (Å²) in [7, 11) is -1.28. The number of benzene rings is 4. The molecule has 2 saturated heterocycles. The zero-order valence-electron chi connectivity index (χ0n) is 29.1. The molecule has 6 rings (SSSR count). The van der Waals surface area contributed by atoms with Crippen LogP contribution in [0.2, 0.25) is 0 Å². The molecule has 51 heavy (non-hydrogen) atoms. The SMILES string of the molecule is CCO[PH]1(COc2ccc(C[C@@H]3[C@H](O)[C@@H](O)C(c4ccc(OC)cc4)N(Cc4cccc(N)c4)C(=O)N3Cc3cccc(N)c3)cc2)OC(C)O1. The summed E-state index contributed by atoms with van der Waals surface area (Å²) in [5, 5.41) is 24.2. The van der Waals surface area contributed by atoms with Crippen LogP contribution in [0.25, 0.3) is 0 Å². The van der Waals surface area contributed by atoms with Gasteiger partial charge in [-0.05, 0) is 35.9 Å². The van der Waals surface area contributed by atoms with E-state index in [0.29, 0.717) is 35.0 Å². The van der Waals surface area contributed by atoms with Gasteiger partial charge in [0.1, 0.15) is 5.75 Å². The number of amides is 2. The van der Waals surface area contributed by atoms with Crippen molar-refractivity contribution in [2.75, 3.05) is 31.5 Å². The summed E-state index contributed by atoms with van der Waals surface area (Å²) < 4.78 is 28.7. The second kappa shape index (κ2) is 15.9. The maximum absolute atomic E-state index is 15.0. The number of nitrogens with zero attached hydrogens (tertiary/aromatic N) is 2. The molecule has 2 fully saturated rings. The number of hydrogen-bond donors (Lipinski definition) is 4. The van der Waals surface area contributed by atoms with Crippen molar-refractivity contribution < 1.29 is 38.1 Å². The van der Waals surface area contributed by atoms with Gasteiger partial charge in [-0.3, -0.25) is 0 Å². The van der Waals surface area contributed by atoms with Gasteiger partial charge in [-0.25, -0.2) is 0 Å². The van der Waals surface area contributed by atoms with E-state index in [4.69, 9.17) is 34.5 Å². The number of carbonyl (C=O) groups is 1. The monoisotopic (exact) mass is 718 g/mol. The quantitative estimate of drug-likeness (QED) is 0.101. The molecule has 13 heteroatoms. The molecule has 2 amide bonds. The molecule has 0 aliphatic carbocycles. The molecule has 0 aromatic heterocycles. The second-order valence-electron chi connectivity index (χ2n) is 12.9. The molecule has 2 heterocycles. The van der Waals surface area contributed by atoms with E-state index < -0.39 is 32.2 Å². The Morgan fingerprint density at radius 2 is 1.37 bits per heavy atom. The average Bonchev–Trinajstić information content (AvgIpc) is 3.17. The Kier molecular flexibility index (Phi) is 11.3. The molecule has 0 spiro atoms. The van der Waals surface area contributed by atoms with Crippen molar-refractivity contribution >= 4 is 25.3 Å². The van der Waals surface area contributed by atoms with Crippen LogP contribution in [0.5, 0.6) is 11.5 Å². The Morgan fingerprint density at radius 3 is 1.92 bits per heavy atom. The van der Waals surface area contributed by atoms with E-state index in [1.165, 1.54) is 0 Å². The maximum atomic E-state index is 15.0. The third-order valence-electron chi connectivity index (χ3n) is 9.20. The zero-order chi connectivity index (χ0) is 36.1. The topological polar surface area (TPSA) is 162 Å². The fourth-order valence-electron chi connectivity index (χ4n) is 6.79. The van der Waals surface area contributed by atoms with E-state index in [9.17, 15) is 15.0 Å². The Hall–Kier alpha value is -4.42. The Labute approximate surface area is 299 Å². The van der Waals surface area contributed by atoms with Crippen LogP contribution >= 0.6 is 7.94 Å². The van der Waals surface area contributed by atoms with E-state index >= 15 is 0 Å². The number of rotatable bonds is 13. The van der Waals surface area contributed by atoms with Crippen LogP contribution < -0.4 is 20.9 Å². The molecule has 1 unspecified atom stereocenters. The Morgan fingerprint density at radius 1 is 0.784 bits per heavy atom. The summed E-state index contributed by atoms with van der Waals surface area (Å²) in [5.41, 5.74) is 16.4. The van der Waals surface area contributed by atoms with E-state index in [0.717, 1.165) is 16.7 Å². The Bertz CT molecular complexity index is 1770. The van der Waals surface area contributed by atoms with Gasteiger partial charge in [-0.15, -0.1) is 0 Å². The van der Waals surface area contributed by atoms with Crippen molar-refractivity contribution in [2.45, 2.75) is 63.9 Å². The first-order valence-electron chi connectivity index (χ1n) is 17.1. The van der Waals surface area contributed by atoms with Gasteiger partial charge in [0.2, 0.25) is 0 Å². The number of aliphatic hydroxyl groups excluding tert-OH is 2. The summed E-state index contributed by atoms with van der Waals surface area (Å²) >= 11 is 0. The number of hydrogen-bond acceptors (Lipinski definition) is 10. The number of anilines is 2. The predicted octanol–water partition coefficient (Wildman–Crippen LogP) is 5.63. The summed E-state index contributed by atoms with van der Waals surface area (Å²) in [6.45, 7) is 4.43. The van der Waals surface area contributed by atoms with Gasteiger partial charge in [-0.2, -0.15) is 0 Å². The first kappa shape index (κ1) is 36.4. The molecule has 0 radical (unpaired) electrons. The second-order valence-corrected chi connectivity index (χ2v) is 15.3. The minimum absolute atomic E-state index is 0.134. The Balaban J connectivity index is 1.34. The fourth-order valence-corrected chi connectivity index (χ4v) is 8.96. The normalized spacial score (nSPS) is 23.6. The minimum atomic E-state index is -2.85. The third-order valence-corrected chi connectivity index (χ3v) is 11.8. The van der Waals surface area contributed by atoms with Gasteiger partial charge in [0.25, 0.3) is 0 Å². The standard InChI is InChI=1S/C38H47N4O8P/c1-4-48-51(49-25(2)50-51)24-47-33-15-11-26(12-16-33)21-34-36(43)37(44)35(29-13-17-32(46-3)18-14-29)42(23-28-8-6-10-31(40)20-28)38(45)41(34)22-27-7-5-9-30(39)19-27/h5-20,25,34-37,43-44,51H,4,21-24,39-40H2,1-3H3/t34-,35?,36+,37+/m1/s1. The summed E-state index contributed by atoms with van der Waals surface area (Å²) in [4.78, 5) is 18.2. The number of urea groups is 1. The van der Waals surface area contributed by atoms with Crippen molar-refractivity contribution in [3.8, 4) is 11.5 Å². The van der Waals surface area contributed by atoms with Crippen molar-refractivity contribution in [2.24, 2.45) is 0 Å². The molecule has 2 aliphatic heterocycles. The number of ether oxygens (including phenoxy) is 2. The van der Waals surface area contributed by atoms with Crippen LogP contribution in [0.4, 0.5) is 16.2 Å². The third kappa shape index (κ3) is 8.39. The molecule has 4 aromatic rings. The molecule has 272 valence electrons. The van der Waals surface area contributed by atoms with Crippen molar-refractivity contribution in [3.63, 3.8) is 0 Å². The van der Waals surface area contributed by atoms with Gasteiger partial charge in [0, 0.05) is 11.4 Å². The first-order chi connectivity index (χ1) is 24.6. The van der Waals surface area contributed by atoms with Crippen LogP contribution in [0.3, 0.4) is 0 Å². The van der Waals surface area contributed by atoms with Gasteiger partial charge in [-0.1, -0.05) is 30.3 Å². The van der Waals surface area contributed by atoms with Gasteiger partial charge < -0.3 is 16.2 Å². The van der Waals surface area contributed by atoms with Crippen molar-refractivity contribution in [1.29, 1.82) is 0 Å². The van der Waals surface area contributed by atoms with Crippen molar-refractivity contribution in [3.05, 3.63) is 119 Å². The number of nitrogen functional groups attached to an aromatic ring is 2. The molecule has 6 N–H and O–H groups in total. The summed E-state index contributed by atoms with van der Waals surface area (Å²) in [6.07, 6.45) is -2.59. The molecular formula is C38H47N4O8P. The van der Waals surface area contributed by atoms with Crippen LogP contribution in [-0.2, 0) is 33.1 Å². The molecule has 2 aliphatic rings. The molecule has 4 aromatic carbocycles. The predicted molar refractivity (Wildman–Crippen MR) is 197 cm³/mol. The van der Waals surface area contributed by atoms with E-state index in [1.807, 2.05) is 68.4 Å². The number of nitrogens with two attached hydrogens (primary N) is 2. The summed E-state index contributed by atoms with van der Waals surface area (Å²) in [6, 6.07) is 27.1. The van der Waals surface area contributed by atoms with Gasteiger partial charge in [0.15, 0.2) is 0 Å². The van der Waals surface area contributed by atoms with Crippen LogP contribution in [0, 0.1) is 0 Å². The first-order valence-corrected chi connectivity index (χ1v) is 19.0. The van der Waals surface area contributed by atoms with E-state index in [2.05, 4.69) is 0 Å². The van der Waals surface area contributed by atoms with Crippen LogP contribution in [-0.4, -0.2) is 70.6 Å². The number of aliphatic hydroxyl groups is 2. The number of methoxy groups -OCH3 is 1. The molecule has 0 saturated carbocycles. The van der Waals surface area contributed by atoms with Crippen LogP contribution in [0.1, 0.15) is 42.1 Å². The zero-order valence-corrected chi connectivity index (χ0v) is 30.1. The number of carbonyl (C=O) groups excluding carboxylic acids is 1.